The van der Waals surface area contributed by atoms with E-state index in [0.29, 0.717) is 0 Å². The van der Waals surface area contributed by atoms with Crippen LogP contribution < -0.4 is 5.32 Å². The minimum atomic E-state index is 0. The van der Waals surface area contributed by atoms with Crippen LogP contribution >= 0.6 is 12.4 Å². The zero-order valence-electron chi connectivity index (χ0n) is 7.24. The van der Waals surface area contributed by atoms with Gasteiger partial charge in [0.25, 0.3) is 0 Å². The first kappa shape index (κ1) is 11.0. The molecule has 0 aliphatic rings. The van der Waals surface area contributed by atoms with Crippen molar-refractivity contribution in [3.63, 3.8) is 0 Å². The number of amidine groups is 1. The summed E-state index contributed by atoms with van der Waals surface area (Å²) in [5.74, 6) is 0.922. The van der Waals surface area contributed by atoms with Crippen LogP contribution in [-0.2, 0) is 0 Å². The van der Waals surface area contributed by atoms with Crippen molar-refractivity contribution in [1.29, 1.82) is 0 Å². The summed E-state index contributed by atoms with van der Waals surface area (Å²) in [6, 6.07) is 10.0. The molecular formula is C9H13ClN2. The Bertz CT molecular complexity index is 244. The molecule has 0 heterocycles. The van der Waals surface area contributed by atoms with E-state index >= 15 is 0 Å². The van der Waals surface area contributed by atoms with Crippen LogP contribution in [0, 0.1) is 0 Å². The second kappa shape index (κ2) is 5.61. The van der Waals surface area contributed by atoms with Crippen molar-refractivity contribution in [2.75, 3.05) is 14.1 Å². The van der Waals surface area contributed by atoms with Crippen molar-refractivity contribution in [3.8, 4) is 0 Å². The highest BCUT2D eigenvalue weighted by atomic mass is 35.5. The van der Waals surface area contributed by atoms with Crippen LogP contribution in [-0.4, -0.2) is 19.9 Å². The molecule has 1 aromatic rings. The topological polar surface area (TPSA) is 24.4 Å². The fourth-order valence-electron chi connectivity index (χ4n) is 0.981. The van der Waals surface area contributed by atoms with Crippen LogP contribution in [0.25, 0.3) is 0 Å². The number of rotatable bonds is 1. The van der Waals surface area contributed by atoms with Crippen molar-refractivity contribution in [3.05, 3.63) is 35.9 Å². The summed E-state index contributed by atoms with van der Waals surface area (Å²) in [6.07, 6.45) is 0. The summed E-state index contributed by atoms with van der Waals surface area (Å²) in [5.41, 5.74) is 1.12. The van der Waals surface area contributed by atoms with Crippen molar-refractivity contribution in [2.45, 2.75) is 0 Å². The van der Waals surface area contributed by atoms with Crippen LogP contribution in [0.4, 0.5) is 0 Å². The Labute approximate surface area is 79.1 Å². The first-order chi connectivity index (χ1) is 5.38. The van der Waals surface area contributed by atoms with E-state index in [0.717, 1.165) is 11.4 Å². The quantitative estimate of drug-likeness (QED) is 0.522. The minimum Gasteiger partial charge on any atom is -0.373 e. The minimum absolute atomic E-state index is 0. The molecule has 0 aliphatic heterocycles. The molecule has 1 rings (SSSR count). The zero-order valence-corrected chi connectivity index (χ0v) is 8.06. The molecule has 0 aliphatic carbocycles. The Kier molecular flexibility index (Phi) is 5.13. The maximum absolute atomic E-state index is 4.08. The molecular weight excluding hydrogens is 172 g/mol. The predicted octanol–water partition coefficient (Wildman–Crippen LogP) is 1.70. The maximum Gasteiger partial charge on any atom is 0.127 e. The van der Waals surface area contributed by atoms with Gasteiger partial charge in [-0.1, -0.05) is 30.3 Å². The second-order valence-corrected chi connectivity index (χ2v) is 2.19. The molecule has 12 heavy (non-hydrogen) atoms. The van der Waals surface area contributed by atoms with Crippen molar-refractivity contribution >= 4 is 18.2 Å². The van der Waals surface area contributed by atoms with Crippen molar-refractivity contribution in [2.24, 2.45) is 4.99 Å². The summed E-state index contributed by atoms with van der Waals surface area (Å²) >= 11 is 0. The van der Waals surface area contributed by atoms with Crippen LogP contribution in [0.2, 0.25) is 0 Å². The number of nitrogens with one attached hydrogen (secondary N) is 1. The highest BCUT2D eigenvalue weighted by molar-refractivity contribution is 5.98. The maximum atomic E-state index is 4.08. The average Bonchev–Trinajstić information content (AvgIpc) is 2.09. The first-order valence-corrected chi connectivity index (χ1v) is 3.58. The molecule has 1 N–H and O–H groups in total. The lowest BCUT2D eigenvalue weighted by Gasteiger charge is -2.02. The number of hydrogen-bond donors (Lipinski definition) is 1. The zero-order chi connectivity index (χ0) is 8.10. The molecule has 0 radical (unpaired) electrons. The Morgan fingerprint density at radius 2 is 1.83 bits per heavy atom. The van der Waals surface area contributed by atoms with Gasteiger partial charge in [0.05, 0.1) is 0 Å². The second-order valence-electron chi connectivity index (χ2n) is 2.19. The molecule has 3 heteroatoms. The molecule has 1 aromatic carbocycles. The Morgan fingerprint density at radius 3 is 2.25 bits per heavy atom. The van der Waals surface area contributed by atoms with E-state index in [-0.39, 0.29) is 12.4 Å². The van der Waals surface area contributed by atoms with Crippen LogP contribution in [0.15, 0.2) is 35.3 Å². The summed E-state index contributed by atoms with van der Waals surface area (Å²) < 4.78 is 0. The van der Waals surface area contributed by atoms with Crippen molar-refractivity contribution in [1.82, 2.24) is 5.32 Å². The van der Waals surface area contributed by atoms with Gasteiger partial charge in [-0.3, -0.25) is 4.99 Å². The number of hydrogen-bond acceptors (Lipinski definition) is 1. The van der Waals surface area contributed by atoms with E-state index in [2.05, 4.69) is 10.3 Å². The molecule has 0 spiro atoms. The molecule has 0 aromatic heterocycles. The molecule has 0 amide bonds. The van der Waals surface area contributed by atoms with E-state index < -0.39 is 0 Å². The molecule has 0 bridgehead atoms. The molecule has 0 fully saturated rings. The third-order valence-electron chi connectivity index (χ3n) is 1.51. The smallest absolute Gasteiger partial charge is 0.127 e. The van der Waals surface area contributed by atoms with Gasteiger partial charge in [-0.25, -0.2) is 0 Å². The lowest BCUT2D eigenvalue weighted by atomic mass is 10.2. The monoisotopic (exact) mass is 184 g/mol. The summed E-state index contributed by atoms with van der Waals surface area (Å²) in [6.45, 7) is 0. The molecule has 0 saturated carbocycles. The largest absolute Gasteiger partial charge is 0.373 e. The van der Waals surface area contributed by atoms with Crippen molar-refractivity contribution < 1.29 is 0 Å². The summed E-state index contributed by atoms with van der Waals surface area (Å²) in [7, 11) is 3.65. The molecule has 0 unspecified atom stereocenters. The SMILES string of the molecule is CN=C(NC)c1ccccc1.Cl. The van der Waals surface area contributed by atoms with Gasteiger partial charge >= 0.3 is 0 Å². The highest BCUT2D eigenvalue weighted by Gasteiger charge is 1.95. The molecule has 66 valence electrons. The lowest BCUT2D eigenvalue weighted by molar-refractivity contribution is 1.15. The van der Waals surface area contributed by atoms with Crippen LogP contribution in [0.5, 0.6) is 0 Å². The van der Waals surface area contributed by atoms with Gasteiger partial charge < -0.3 is 5.32 Å². The van der Waals surface area contributed by atoms with Gasteiger partial charge in [0.2, 0.25) is 0 Å². The van der Waals surface area contributed by atoms with Gasteiger partial charge in [-0.05, 0) is 0 Å². The van der Waals surface area contributed by atoms with Crippen LogP contribution in [0.3, 0.4) is 0 Å². The fraction of sp³-hybridized carbons (Fsp3) is 0.222. The molecule has 0 atom stereocenters. The van der Waals surface area contributed by atoms with Crippen LogP contribution in [0.1, 0.15) is 5.56 Å². The molecule has 2 nitrogen and oxygen atoms in total. The number of nitrogens with zero attached hydrogens (tertiary/aromatic N) is 1. The van der Waals surface area contributed by atoms with E-state index in [1.165, 1.54) is 0 Å². The molecule has 0 saturated heterocycles. The Hall–Kier alpha value is -1.02. The van der Waals surface area contributed by atoms with Gasteiger partial charge in [0.1, 0.15) is 5.84 Å². The Morgan fingerprint density at radius 1 is 1.25 bits per heavy atom. The first-order valence-electron chi connectivity index (χ1n) is 3.58. The number of aliphatic imine (C=N–C) groups is 1. The number of benzene rings is 1. The van der Waals surface area contributed by atoms with E-state index in [1.807, 2.05) is 37.4 Å². The third kappa shape index (κ3) is 2.55. The highest BCUT2D eigenvalue weighted by Crippen LogP contribution is 1.97. The lowest BCUT2D eigenvalue weighted by Crippen LogP contribution is -2.18. The summed E-state index contributed by atoms with van der Waals surface area (Å²) in [4.78, 5) is 4.08. The van der Waals surface area contributed by atoms with E-state index in [1.54, 1.807) is 7.05 Å². The van der Waals surface area contributed by atoms with Gasteiger partial charge in [0, 0.05) is 19.7 Å². The van der Waals surface area contributed by atoms with Gasteiger partial charge in [-0.2, -0.15) is 0 Å². The average molecular weight is 185 g/mol. The summed E-state index contributed by atoms with van der Waals surface area (Å²) in [5, 5.41) is 3.02. The number of halogens is 1. The standard InChI is InChI=1S/C9H12N2.ClH/c1-10-9(11-2)8-6-4-3-5-7-8;/h3-7H,1-2H3,(H,10,11);1H. The fourth-order valence-corrected chi connectivity index (χ4v) is 0.981. The predicted molar refractivity (Wildman–Crippen MR) is 55.2 cm³/mol. The van der Waals surface area contributed by atoms with E-state index in [4.69, 9.17) is 0 Å². The van der Waals surface area contributed by atoms with Gasteiger partial charge in [-0.15, -0.1) is 12.4 Å². The van der Waals surface area contributed by atoms with Gasteiger partial charge in [0.15, 0.2) is 0 Å². The Balaban J connectivity index is 0.00000121. The van der Waals surface area contributed by atoms with E-state index in [9.17, 15) is 0 Å². The normalized spacial score (nSPS) is 10.3. The third-order valence-corrected chi connectivity index (χ3v) is 1.51.